The smallest absolute Gasteiger partial charge is 0.150 e. The van der Waals surface area contributed by atoms with Crippen molar-refractivity contribution in [3.05, 3.63) is 44.8 Å². The zero-order chi connectivity index (χ0) is 14.7. The number of hydrogen-bond donors (Lipinski definition) is 0. The molecular formula is C15H12Br2O3. The highest BCUT2D eigenvalue weighted by molar-refractivity contribution is 9.11. The first-order chi connectivity index (χ1) is 9.58. The molecule has 0 amide bonds. The topological polar surface area (TPSA) is 35.5 Å². The van der Waals surface area contributed by atoms with Gasteiger partial charge in [-0.25, -0.2) is 0 Å². The fraction of sp³-hybridized carbons (Fsp3) is 0.133. The molecule has 20 heavy (non-hydrogen) atoms. The third-order valence-electron chi connectivity index (χ3n) is 2.84. The van der Waals surface area contributed by atoms with E-state index in [1.165, 1.54) is 0 Å². The van der Waals surface area contributed by atoms with E-state index in [0.717, 1.165) is 26.4 Å². The first-order valence-electron chi connectivity index (χ1n) is 5.76. The second kappa shape index (κ2) is 6.41. The van der Waals surface area contributed by atoms with Crippen LogP contribution in [-0.4, -0.2) is 20.5 Å². The number of methoxy groups -OCH3 is 2. The molecule has 0 aliphatic heterocycles. The van der Waals surface area contributed by atoms with Gasteiger partial charge < -0.3 is 9.47 Å². The van der Waals surface area contributed by atoms with Crippen LogP contribution in [0.25, 0.3) is 11.1 Å². The quantitative estimate of drug-likeness (QED) is 0.698. The molecule has 0 aliphatic rings. The minimum atomic E-state index is 0.520. The Hall–Kier alpha value is -1.33. The average Bonchev–Trinajstić information content (AvgIpc) is 2.44. The Balaban J connectivity index is 2.74. The summed E-state index contributed by atoms with van der Waals surface area (Å²) in [5, 5.41) is 0. The number of halogens is 2. The molecule has 2 aromatic carbocycles. The summed E-state index contributed by atoms with van der Waals surface area (Å²) in [5.74, 6) is 1.18. The Morgan fingerprint density at radius 3 is 2.10 bits per heavy atom. The van der Waals surface area contributed by atoms with Gasteiger partial charge in [-0.1, -0.05) is 31.9 Å². The highest BCUT2D eigenvalue weighted by Gasteiger charge is 2.15. The Labute approximate surface area is 134 Å². The van der Waals surface area contributed by atoms with Crippen molar-refractivity contribution in [3.8, 4) is 22.6 Å². The van der Waals surface area contributed by atoms with Crippen molar-refractivity contribution < 1.29 is 14.3 Å². The van der Waals surface area contributed by atoms with Crippen molar-refractivity contribution in [2.45, 2.75) is 0 Å². The van der Waals surface area contributed by atoms with E-state index < -0.39 is 0 Å². The number of hydrogen-bond acceptors (Lipinski definition) is 3. The maximum absolute atomic E-state index is 11.4. The van der Waals surface area contributed by atoms with Crippen LogP contribution in [0.5, 0.6) is 11.5 Å². The van der Waals surface area contributed by atoms with E-state index in [1.54, 1.807) is 26.4 Å². The molecule has 2 aromatic rings. The van der Waals surface area contributed by atoms with Gasteiger partial charge in [0.05, 0.1) is 14.2 Å². The van der Waals surface area contributed by atoms with E-state index in [2.05, 4.69) is 31.9 Å². The Morgan fingerprint density at radius 2 is 1.60 bits per heavy atom. The molecule has 0 unspecified atom stereocenters. The van der Waals surface area contributed by atoms with Gasteiger partial charge in [-0.05, 0) is 29.8 Å². The summed E-state index contributed by atoms with van der Waals surface area (Å²) in [6.07, 6.45) is 0.801. The summed E-state index contributed by atoms with van der Waals surface area (Å²) in [7, 11) is 3.12. The van der Waals surface area contributed by atoms with Crippen molar-refractivity contribution in [1.82, 2.24) is 0 Å². The lowest BCUT2D eigenvalue weighted by atomic mass is 9.99. The maximum atomic E-state index is 11.4. The second-order valence-corrected chi connectivity index (χ2v) is 5.90. The summed E-state index contributed by atoms with van der Waals surface area (Å²) in [6, 6.07) is 9.25. The molecule has 3 nitrogen and oxygen atoms in total. The van der Waals surface area contributed by atoms with Crippen LogP contribution >= 0.6 is 31.9 Å². The first-order valence-corrected chi connectivity index (χ1v) is 7.35. The third-order valence-corrected chi connectivity index (χ3v) is 3.76. The predicted octanol–water partition coefficient (Wildman–Crippen LogP) is 4.71. The summed E-state index contributed by atoms with van der Waals surface area (Å²) >= 11 is 6.90. The Bertz CT molecular complexity index is 634. The molecule has 0 bridgehead atoms. The lowest BCUT2D eigenvalue weighted by molar-refractivity contribution is 0.112. The monoisotopic (exact) mass is 398 g/mol. The van der Waals surface area contributed by atoms with E-state index in [9.17, 15) is 4.79 Å². The number of carbonyl (C=O) groups is 1. The molecule has 2 rings (SSSR count). The molecule has 0 heterocycles. The number of benzene rings is 2. The summed E-state index contributed by atoms with van der Waals surface area (Å²) in [4.78, 5) is 11.4. The van der Waals surface area contributed by atoms with Crippen LogP contribution in [0.2, 0.25) is 0 Å². The van der Waals surface area contributed by atoms with Crippen LogP contribution < -0.4 is 9.47 Å². The molecular weight excluding hydrogens is 388 g/mol. The van der Waals surface area contributed by atoms with Crippen LogP contribution in [-0.2, 0) is 0 Å². The molecule has 0 saturated carbocycles. The first kappa shape index (κ1) is 15.1. The fourth-order valence-electron chi connectivity index (χ4n) is 1.99. The molecule has 0 aliphatic carbocycles. The lowest BCUT2D eigenvalue weighted by Crippen LogP contribution is -1.96. The predicted molar refractivity (Wildman–Crippen MR) is 85.8 cm³/mol. The van der Waals surface area contributed by atoms with Gasteiger partial charge in [0.15, 0.2) is 6.29 Å². The van der Waals surface area contributed by atoms with E-state index in [0.29, 0.717) is 17.1 Å². The standard InChI is InChI=1S/C15H12Br2O3/c1-19-13-5-10(8-18)15(14(7-13)20-2)9-3-11(16)6-12(17)4-9/h3-8H,1-2H3. The normalized spacial score (nSPS) is 10.2. The fourth-order valence-corrected chi connectivity index (χ4v) is 3.28. The number of ether oxygens (including phenoxy) is 2. The van der Waals surface area contributed by atoms with Gasteiger partial charge in [0.1, 0.15) is 11.5 Å². The Kier molecular flexibility index (Phi) is 4.83. The van der Waals surface area contributed by atoms with Gasteiger partial charge in [-0.15, -0.1) is 0 Å². The van der Waals surface area contributed by atoms with Crippen LogP contribution in [0.3, 0.4) is 0 Å². The zero-order valence-electron chi connectivity index (χ0n) is 10.9. The molecule has 5 heteroatoms. The largest absolute Gasteiger partial charge is 0.497 e. The van der Waals surface area contributed by atoms with Gasteiger partial charge >= 0.3 is 0 Å². The van der Waals surface area contributed by atoms with E-state index in [1.807, 2.05) is 18.2 Å². The maximum Gasteiger partial charge on any atom is 0.150 e. The number of rotatable bonds is 4. The SMILES string of the molecule is COc1cc(C=O)c(-c2cc(Br)cc(Br)c2)c(OC)c1. The molecule has 104 valence electrons. The molecule has 0 spiro atoms. The molecule has 0 N–H and O–H groups in total. The van der Waals surface area contributed by atoms with Crippen molar-refractivity contribution in [1.29, 1.82) is 0 Å². The number of aldehydes is 1. The molecule has 0 aromatic heterocycles. The highest BCUT2D eigenvalue weighted by Crippen LogP contribution is 2.38. The van der Waals surface area contributed by atoms with Gasteiger partial charge in [0, 0.05) is 26.1 Å². The highest BCUT2D eigenvalue weighted by atomic mass is 79.9. The molecule has 0 saturated heterocycles. The van der Waals surface area contributed by atoms with Crippen LogP contribution in [0.15, 0.2) is 39.3 Å². The van der Waals surface area contributed by atoms with Crippen LogP contribution in [0.4, 0.5) is 0 Å². The molecule has 0 radical (unpaired) electrons. The second-order valence-electron chi connectivity index (χ2n) is 4.07. The molecule has 0 atom stereocenters. The number of carbonyl (C=O) groups excluding carboxylic acids is 1. The summed E-state index contributed by atoms with van der Waals surface area (Å²) < 4.78 is 12.4. The average molecular weight is 400 g/mol. The minimum Gasteiger partial charge on any atom is -0.497 e. The third kappa shape index (κ3) is 3.04. The van der Waals surface area contributed by atoms with Gasteiger partial charge in [0.25, 0.3) is 0 Å². The van der Waals surface area contributed by atoms with Gasteiger partial charge in [-0.3, -0.25) is 4.79 Å². The van der Waals surface area contributed by atoms with E-state index in [-0.39, 0.29) is 0 Å². The van der Waals surface area contributed by atoms with Crippen molar-refractivity contribution in [3.63, 3.8) is 0 Å². The van der Waals surface area contributed by atoms with Crippen molar-refractivity contribution >= 4 is 38.1 Å². The lowest BCUT2D eigenvalue weighted by Gasteiger charge is -2.14. The summed E-state index contributed by atoms with van der Waals surface area (Å²) in [6.45, 7) is 0. The minimum absolute atomic E-state index is 0.520. The zero-order valence-corrected chi connectivity index (χ0v) is 14.1. The van der Waals surface area contributed by atoms with E-state index in [4.69, 9.17) is 9.47 Å². The van der Waals surface area contributed by atoms with Crippen LogP contribution in [0, 0.1) is 0 Å². The van der Waals surface area contributed by atoms with Crippen molar-refractivity contribution in [2.75, 3.05) is 14.2 Å². The Morgan fingerprint density at radius 1 is 0.950 bits per heavy atom. The van der Waals surface area contributed by atoms with Gasteiger partial charge in [0.2, 0.25) is 0 Å². The van der Waals surface area contributed by atoms with Crippen LogP contribution in [0.1, 0.15) is 10.4 Å². The van der Waals surface area contributed by atoms with Crippen molar-refractivity contribution in [2.24, 2.45) is 0 Å². The van der Waals surface area contributed by atoms with Gasteiger partial charge in [-0.2, -0.15) is 0 Å². The van der Waals surface area contributed by atoms with E-state index >= 15 is 0 Å². The summed E-state index contributed by atoms with van der Waals surface area (Å²) in [5.41, 5.74) is 2.14. The molecule has 0 fully saturated rings.